The van der Waals surface area contributed by atoms with Crippen LogP contribution in [0, 0.1) is 0 Å². The van der Waals surface area contributed by atoms with Crippen molar-refractivity contribution in [1.82, 2.24) is 9.62 Å². The predicted octanol–water partition coefficient (Wildman–Crippen LogP) is 2.97. The van der Waals surface area contributed by atoms with Crippen LogP contribution in [0.15, 0.2) is 62.8 Å². The van der Waals surface area contributed by atoms with Crippen LogP contribution in [-0.4, -0.2) is 47.6 Å². The Bertz CT molecular complexity index is 1030. The first-order valence-corrected chi connectivity index (χ1v) is 13.1. The molecule has 1 fully saturated rings. The van der Waals surface area contributed by atoms with Crippen LogP contribution in [0.2, 0.25) is 0 Å². The normalized spacial score (nSPS) is 16.9. The van der Waals surface area contributed by atoms with Crippen molar-refractivity contribution in [2.45, 2.75) is 28.7 Å². The lowest BCUT2D eigenvalue weighted by molar-refractivity contribution is 0.246. The van der Waals surface area contributed by atoms with Gasteiger partial charge in [-0.1, -0.05) is 30.3 Å². The van der Waals surface area contributed by atoms with Gasteiger partial charge < -0.3 is 0 Å². The Labute approximate surface area is 175 Å². The maximum Gasteiger partial charge on any atom is 0.241 e. The second-order valence-electron chi connectivity index (χ2n) is 6.89. The Morgan fingerprint density at radius 2 is 1.68 bits per heavy atom. The van der Waals surface area contributed by atoms with Gasteiger partial charge in [-0.15, -0.1) is 0 Å². The van der Waals surface area contributed by atoms with E-state index in [0.717, 1.165) is 37.8 Å². The third kappa shape index (κ3) is 5.01. The summed E-state index contributed by atoms with van der Waals surface area (Å²) in [6, 6.07) is 13.8. The summed E-state index contributed by atoms with van der Waals surface area (Å²) < 4.78 is 52.5. The van der Waals surface area contributed by atoms with E-state index in [4.69, 9.17) is 0 Å². The Morgan fingerprint density at radius 3 is 2.29 bits per heavy atom. The van der Waals surface area contributed by atoms with Crippen LogP contribution in [0.4, 0.5) is 0 Å². The molecule has 1 atom stereocenters. The highest BCUT2D eigenvalue weighted by molar-refractivity contribution is 9.10. The van der Waals surface area contributed by atoms with Gasteiger partial charge in [0.2, 0.25) is 10.0 Å². The molecule has 1 heterocycles. The van der Waals surface area contributed by atoms with E-state index in [1.165, 1.54) is 18.2 Å². The monoisotopic (exact) mass is 486 g/mol. The van der Waals surface area contributed by atoms with Gasteiger partial charge >= 0.3 is 0 Å². The van der Waals surface area contributed by atoms with Crippen molar-refractivity contribution in [1.29, 1.82) is 0 Å². The van der Waals surface area contributed by atoms with Crippen LogP contribution in [0.1, 0.15) is 24.4 Å². The number of sulfone groups is 1. The maximum absolute atomic E-state index is 12.9. The third-order valence-electron chi connectivity index (χ3n) is 4.85. The number of halogens is 1. The molecule has 2 aromatic carbocycles. The van der Waals surface area contributed by atoms with Gasteiger partial charge in [0.15, 0.2) is 9.84 Å². The lowest BCUT2D eigenvalue weighted by atomic mass is 10.1. The van der Waals surface area contributed by atoms with Crippen LogP contribution in [0.3, 0.4) is 0 Å². The van der Waals surface area contributed by atoms with Gasteiger partial charge in [-0.3, -0.25) is 4.90 Å². The lowest BCUT2D eigenvalue weighted by Gasteiger charge is -2.28. The van der Waals surface area contributed by atoms with E-state index in [1.54, 1.807) is 0 Å². The first kappa shape index (κ1) is 21.4. The standard InChI is InChI=1S/C19H23BrN2O4S2/c1-27(23,24)16-9-10-17(20)19(13-16)28(25,26)21-14-18(22-11-5-6-12-22)15-7-3-2-4-8-15/h2-4,7-10,13,18,21H,5-6,11-12,14H2,1H3. The summed E-state index contributed by atoms with van der Waals surface area (Å²) in [4.78, 5) is 2.17. The van der Waals surface area contributed by atoms with Gasteiger partial charge in [0, 0.05) is 23.3 Å². The maximum atomic E-state index is 12.9. The van der Waals surface area contributed by atoms with Crippen LogP contribution in [0.5, 0.6) is 0 Å². The largest absolute Gasteiger partial charge is 0.295 e. The number of nitrogens with zero attached hydrogens (tertiary/aromatic N) is 1. The molecule has 0 amide bonds. The quantitative estimate of drug-likeness (QED) is 0.650. The SMILES string of the molecule is CS(=O)(=O)c1ccc(Br)c(S(=O)(=O)NCC(c2ccccc2)N2CCCC2)c1. The van der Waals surface area contributed by atoms with E-state index in [1.807, 2.05) is 30.3 Å². The molecule has 0 radical (unpaired) electrons. The molecule has 152 valence electrons. The molecule has 28 heavy (non-hydrogen) atoms. The molecular formula is C19H23BrN2O4S2. The van der Waals surface area contributed by atoms with Crippen molar-refractivity contribution in [2.24, 2.45) is 0 Å². The number of hydrogen-bond acceptors (Lipinski definition) is 5. The number of sulfonamides is 1. The molecule has 1 aliphatic rings. The van der Waals surface area contributed by atoms with Gasteiger partial charge in [-0.05, 0) is 65.6 Å². The highest BCUT2D eigenvalue weighted by Gasteiger charge is 2.27. The second kappa shape index (κ2) is 8.62. The lowest BCUT2D eigenvalue weighted by Crippen LogP contribution is -2.36. The average Bonchev–Trinajstić information content (AvgIpc) is 3.16. The molecule has 1 aliphatic heterocycles. The molecule has 0 spiro atoms. The highest BCUT2D eigenvalue weighted by Crippen LogP contribution is 2.28. The van der Waals surface area contributed by atoms with E-state index in [-0.39, 0.29) is 22.4 Å². The first-order chi connectivity index (χ1) is 13.2. The summed E-state index contributed by atoms with van der Waals surface area (Å²) in [6.45, 7) is 2.06. The Morgan fingerprint density at radius 1 is 1.04 bits per heavy atom. The summed E-state index contributed by atoms with van der Waals surface area (Å²) in [7, 11) is -7.41. The molecule has 1 saturated heterocycles. The van der Waals surface area contributed by atoms with Gasteiger partial charge in [-0.2, -0.15) is 0 Å². The highest BCUT2D eigenvalue weighted by atomic mass is 79.9. The molecule has 0 bridgehead atoms. The number of hydrogen-bond donors (Lipinski definition) is 1. The zero-order valence-electron chi connectivity index (χ0n) is 15.5. The summed E-state index contributed by atoms with van der Waals surface area (Å²) in [5, 5.41) is 0. The second-order valence-corrected chi connectivity index (χ2v) is 11.5. The van der Waals surface area contributed by atoms with Gasteiger partial charge in [0.1, 0.15) is 0 Å². The molecular weight excluding hydrogens is 464 g/mol. The summed E-state index contributed by atoms with van der Waals surface area (Å²) >= 11 is 3.23. The molecule has 6 nitrogen and oxygen atoms in total. The topological polar surface area (TPSA) is 83.5 Å². The first-order valence-electron chi connectivity index (χ1n) is 8.97. The van der Waals surface area contributed by atoms with Crippen LogP contribution >= 0.6 is 15.9 Å². The molecule has 1 N–H and O–H groups in total. The molecule has 0 aliphatic carbocycles. The fourth-order valence-corrected chi connectivity index (χ4v) is 6.12. The zero-order valence-corrected chi connectivity index (χ0v) is 18.7. The predicted molar refractivity (Wildman–Crippen MR) is 112 cm³/mol. The van der Waals surface area contributed by atoms with Crippen molar-refractivity contribution in [3.8, 4) is 0 Å². The minimum atomic E-state index is -3.89. The van der Waals surface area contributed by atoms with Crippen LogP contribution < -0.4 is 4.72 Å². The van der Waals surface area contributed by atoms with E-state index in [2.05, 4.69) is 25.6 Å². The smallest absolute Gasteiger partial charge is 0.241 e. The van der Waals surface area contributed by atoms with Crippen molar-refractivity contribution in [3.63, 3.8) is 0 Å². The molecule has 2 aromatic rings. The fraction of sp³-hybridized carbons (Fsp3) is 0.368. The van der Waals surface area contributed by atoms with E-state index < -0.39 is 19.9 Å². The number of benzene rings is 2. The summed E-state index contributed by atoms with van der Waals surface area (Å²) in [5.74, 6) is 0. The average molecular weight is 487 g/mol. The Hall–Kier alpha value is -1.26. The summed E-state index contributed by atoms with van der Waals surface area (Å²) in [5.41, 5.74) is 1.05. The van der Waals surface area contributed by atoms with E-state index >= 15 is 0 Å². The minimum absolute atomic E-state index is 0.0322. The van der Waals surface area contributed by atoms with Crippen LogP contribution in [-0.2, 0) is 19.9 Å². The Kier molecular flexibility index (Phi) is 6.61. The number of likely N-dealkylation sites (tertiary alicyclic amines) is 1. The molecule has 9 heteroatoms. The van der Waals surface area contributed by atoms with Crippen molar-refractivity contribution in [2.75, 3.05) is 25.9 Å². The zero-order chi connectivity index (χ0) is 20.4. The van der Waals surface area contributed by atoms with Gasteiger partial charge in [0.25, 0.3) is 0 Å². The molecule has 1 unspecified atom stereocenters. The number of nitrogens with one attached hydrogen (secondary N) is 1. The Balaban J connectivity index is 1.87. The van der Waals surface area contributed by atoms with E-state index in [0.29, 0.717) is 4.47 Å². The van der Waals surface area contributed by atoms with Gasteiger partial charge in [0.05, 0.1) is 9.79 Å². The summed E-state index contributed by atoms with van der Waals surface area (Å²) in [6.07, 6.45) is 3.24. The van der Waals surface area contributed by atoms with Crippen molar-refractivity contribution >= 4 is 35.8 Å². The van der Waals surface area contributed by atoms with Crippen molar-refractivity contribution < 1.29 is 16.8 Å². The van der Waals surface area contributed by atoms with Crippen molar-refractivity contribution in [3.05, 3.63) is 58.6 Å². The van der Waals surface area contributed by atoms with E-state index in [9.17, 15) is 16.8 Å². The van der Waals surface area contributed by atoms with Crippen LogP contribution in [0.25, 0.3) is 0 Å². The minimum Gasteiger partial charge on any atom is -0.295 e. The fourth-order valence-electron chi connectivity index (χ4n) is 3.37. The number of rotatable bonds is 7. The molecule has 3 rings (SSSR count). The van der Waals surface area contributed by atoms with Gasteiger partial charge in [-0.25, -0.2) is 21.6 Å². The molecule has 0 saturated carbocycles. The molecule has 0 aromatic heterocycles. The third-order valence-corrected chi connectivity index (χ3v) is 8.38.